The molecule has 0 aromatic carbocycles. The van der Waals surface area contributed by atoms with Gasteiger partial charge >= 0.3 is 0 Å². The molecule has 17 heavy (non-hydrogen) atoms. The fourth-order valence-corrected chi connectivity index (χ4v) is 3.53. The van der Waals surface area contributed by atoms with Crippen molar-refractivity contribution in [1.82, 2.24) is 10.3 Å². The minimum atomic E-state index is 0.0678. The molecule has 1 saturated heterocycles. The molecule has 4 nitrogen and oxygen atoms in total. The van der Waals surface area contributed by atoms with E-state index in [1.807, 2.05) is 0 Å². The zero-order valence-corrected chi connectivity index (χ0v) is 10.7. The van der Waals surface area contributed by atoms with Gasteiger partial charge in [-0.3, -0.25) is 4.79 Å². The topological polar surface area (TPSA) is 45.2 Å². The number of amides is 1. The Balaban J connectivity index is 1.87. The molecule has 3 rings (SSSR count). The number of piperidine rings is 1. The minimum absolute atomic E-state index is 0.0678. The lowest BCUT2D eigenvalue weighted by molar-refractivity contribution is 0.0960. The zero-order chi connectivity index (χ0) is 11.7. The number of thiazole rings is 1. The number of carbonyl (C=O) groups is 1. The van der Waals surface area contributed by atoms with Crippen LogP contribution in [0, 0.1) is 0 Å². The Kier molecular flexibility index (Phi) is 3.01. The van der Waals surface area contributed by atoms with Crippen LogP contribution in [0.1, 0.15) is 41.0 Å². The van der Waals surface area contributed by atoms with Crippen molar-refractivity contribution in [2.24, 2.45) is 0 Å². The summed E-state index contributed by atoms with van der Waals surface area (Å²) in [5.74, 6) is 0.0678. The standard InChI is InChI=1S/C12H17N3OS/c16-11-10-9(5-4-6-13-11)14-12(17-10)15-7-2-1-3-8-15/h1-8H2,(H,13,16). The van der Waals surface area contributed by atoms with Crippen LogP contribution >= 0.6 is 11.3 Å². The SMILES string of the molecule is O=C1NCCCc2nc(N3CCCCC3)sc21. The number of aromatic nitrogens is 1. The number of aryl methyl sites for hydroxylation is 1. The van der Waals surface area contributed by atoms with E-state index in [-0.39, 0.29) is 5.91 Å². The van der Waals surface area contributed by atoms with Gasteiger partial charge in [0.2, 0.25) is 0 Å². The maximum atomic E-state index is 11.8. The smallest absolute Gasteiger partial charge is 0.263 e. The number of anilines is 1. The highest BCUT2D eigenvalue weighted by atomic mass is 32.1. The Labute approximate surface area is 105 Å². The maximum Gasteiger partial charge on any atom is 0.263 e. The number of hydrogen-bond donors (Lipinski definition) is 1. The van der Waals surface area contributed by atoms with Gasteiger partial charge in [-0.25, -0.2) is 4.98 Å². The number of carbonyl (C=O) groups excluding carboxylic acids is 1. The Bertz CT molecular complexity index is 423. The monoisotopic (exact) mass is 251 g/mol. The molecule has 0 bridgehead atoms. The molecule has 0 atom stereocenters. The average Bonchev–Trinajstić information content (AvgIpc) is 2.72. The largest absolute Gasteiger partial charge is 0.351 e. The Hall–Kier alpha value is -1.10. The molecule has 0 radical (unpaired) electrons. The first kappa shape index (κ1) is 11.0. The fourth-order valence-electron chi connectivity index (χ4n) is 2.44. The summed E-state index contributed by atoms with van der Waals surface area (Å²) in [6.07, 6.45) is 5.75. The molecule has 0 aliphatic carbocycles. The van der Waals surface area contributed by atoms with Crippen molar-refractivity contribution in [3.05, 3.63) is 10.6 Å². The Morgan fingerprint density at radius 3 is 2.82 bits per heavy atom. The van der Waals surface area contributed by atoms with Crippen LogP contribution in [0.2, 0.25) is 0 Å². The number of nitrogens with zero attached hydrogens (tertiary/aromatic N) is 2. The number of fused-ring (bicyclic) bond motifs is 1. The fraction of sp³-hybridized carbons (Fsp3) is 0.667. The van der Waals surface area contributed by atoms with Crippen molar-refractivity contribution in [1.29, 1.82) is 0 Å². The van der Waals surface area contributed by atoms with Crippen molar-refractivity contribution in [2.45, 2.75) is 32.1 Å². The molecule has 1 aromatic heterocycles. The van der Waals surface area contributed by atoms with E-state index in [1.54, 1.807) is 11.3 Å². The van der Waals surface area contributed by atoms with Crippen LogP contribution in [-0.4, -0.2) is 30.5 Å². The molecule has 5 heteroatoms. The summed E-state index contributed by atoms with van der Waals surface area (Å²) in [5, 5.41) is 3.98. The average molecular weight is 251 g/mol. The minimum Gasteiger partial charge on any atom is -0.351 e. The highest BCUT2D eigenvalue weighted by Gasteiger charge is 2.23. The van der Waals surface area contributed by atoms with Crippen LogP contribution in [-0.2, 0) is 6.42 Å². The van der Waals surface area contributed by atoms with Gasteiger partial charge in [0, 0.05) is 19.6 Å². The van der Waals surface area contributed by atoms with Crippen molar-refractivity contribution >= 4 is 22.4 Å². The van der Waals surface area contributed by atoms with Crippen LogP contribution in [0.3, 0.4) is 0 Å². The van der Waals surface area contributed by atoms with Gasteiger partial charge in [0.25, 0.3) is 5.91 Å². The molecule has 92 valence electrons. The second-order valence-electron chi connectivity index (χ2n) is 4.68. The van der Waals surface area contributed by atoms with Crippen molar-refractivity contribution in [3.63, 3.8) is 0 Å². The second kappa shape index (κ2) is 4.64. The molecule has 2 aliphatic heterocycles. The third-order valence-electron chi connectivity index (χ3n) is 3.39. The lowest BCUT2D eigenvalue weighted by Crippen LogP contribution is -2.29. The first-order chi connectivity index (χ1) is 8.34. The van der Waals surface area contributed by atoms with Crippen LogP contribution in [0.5, 0.6) is 0 Å². The number of nitrogens with one attached hydrogen (secondary N) is 1. The van der Waals surface area contributed by atoms with Gasteiger partial charge in [0.1, 0.15) is 4.88 Å². The summed E-state index contributed by atoms with van der Waals surface area (Å²) in [6, 6.07) is 0. The van der Waals surface area contributed by atoms with Gasteiger partial charge < -0.3 is 10.2 Å². The van der Waals surface area contributed by atoms with Gasteiger partial charge in [-0.1, -0.05) is 11.3 Å². The van der Waals surface area contributed by atoms with Crippen LogP contribution in [0.4, 0.5) is 5.13 Å². The molecule has 2 aliphatic rings. The van der Waals surface area contributed by atoms with Crippen molar-refractivity contribution in [2.75, 3.05) is 24.5 Å². The first-order valence-electron chi connectivity index (χ1n) is 6.37. The van der Waals surface area contributed by atoms with E-state index in [1.165, 1.54) is 19.3 Å². The van der Waals surface area contributed by atoms with Gasteiger partial charge in [-0.2, -0.15) is 0 Å². The van der Waals surface area contributed by atoms with Gasteiger partial charge in [-0.05, 0) is 32.1 Å². The lowest BCUT2D eigenvalue weighted by atomic mass is 10.1. The third-order valence-corrected chi connectivity index (χ3v) is 4.55. The third kappa shape index (κ3) is 2.16. The maximum absolute atomic E-state index is 11.8. The van der Waals surface area contributed by atoms with Gasteiger partial charge in [0.15, 0.2) is 5.13 Å². The van der Waals surface area contributed by atoms with Crippen LogP contribution in [0.25, 0.3) is 0 Å². The molecular weight excluding hydrogens is 234 g/mol. The first-order valence-corrected chi connectivity index (χ1v) is 7.19. The van der Waals surface area contributed by atoms with Gasteiger partial charge in [-0.15, -0.1) is 0 Å². The van der Waals surface area contributed by atoms with Crippen molar-refractivity contribution < 1.29 is 4.79 Å². The summed E-state index contributed by atoms with van der Waals surface area (Å²) in [5.41, 5.74) is 1.01. The quantitative estimate of drug-likeness (QED) is 0.828. The second-order valence-corrected chi connectivity index (χ2v) is 5.66. The number of rotatable bonds is 1. The molecule has 1 aromatic rings. The molecule has 1 amide bonds. The summed E-state index contributed by atoms with van der Waals surface area (Å²) < 4.78 is 0. The summed E-state index contributed by atoms with van der Waals surface area (Å²) >= 11 is 1.57. The predicted molar refractivity (Wildman–Crippen MR) is 68.8 cm³/mol. The Morgan fingerprint density at radius 2 is 2.00 bits per heavy atom. The summed E-state index contributed by atoms with van der Waals surface area (Å²) in [7, 11) is 0. The molecular formula is C12H17N3OS. The van der Waals surface area contributed by atoms with Crippen LogP contribution < -0.4 is 10.2 Å². The van der Waals surface area contributed by atoms with E-state index in [4.69, 9.17) is 0 Å². The molecule has 0 unspecified atom stereocenters. The van der Waals surface area contributed by atoms with Crippen LogP contribution in [0.15, 0.2) is 0 Å². The van der Waals surface area contributed by atoms with E-state index in [2.05, 4.69) is 15.2 Å². The predicted octanol–water partition coefficient (Wildman–Crippen LogP) is 1.81. The van der Waals surface area contributed by atoms with E-state index in [0.29, 0.717) is 0 Å². The van der Waals surface area contributed by atoms with E-state index in [9.17, 15) is 4.79 Å². The molecule has 0 saturated carbocycles. The molecule has 1 N–H and O–H groups in total. The zero-order valence-electron chi connectivity index (χ0n) is 9.87. The molecule has 3 heterocycles. The van der Waals surface area contributed by atoms with E-state index < -0.39 is 0 Å². The Morgan fingerprint density at radius 1 is 1.18 bits per heavy atom. The summed E-state index contributed by atoms with van der Waals surface area (Å²) in [4.78, 5) is 19.7. The highest BCUT2D eigenvalue weighted by Crippen LogP contribution is 2.30. The lowest BCUT2D eigenvalue weighted by Gasteiger charge is -2.25. The summed E-state index contributed by atoms with van der Waals surface area (Å²) in [6.45, 7) is 2.96. The van der Waals surface area contributed by atoms with E-state index >= 15 is 0 Å². The normalized spacial score (nSPS) is 20.7. The van der Waals surface area contributed by atoms with E-state index in [0.717, 1.165) is 48.2 Å². The van der Waals surface area contributed by atoms with Crippen molar-refractivity contribution in [3.8, 4) is 0 Å². The molecule has 1 fully saturated rings. The highest BCUT2D eigenvalue weighted by molar-refractivity contribution is 7.17. The molecule has 0 spiro atoms. The number of hydrogen-bond acceptors (Lipinski definition) is 4. The van der Waals surface area contributed by atoms with Gasteiger partial charge in [0.05, 0.1) is 5.69 Å².